The van der Waals surface area contributed by atoms with E-state index in [2.05, 4.69) is 33.4 Å². The lowest BCUT2D eigenvalue weighted by molar-refractivity contribution is 0.249. The first-order valence-electron chi connectivity index (χ1n) is 10.1. The molecule has 4 atom stereocenters. The van der Waals surface area contributed by atoms with Gasteiger partial charge < -0.3 is 0 Å². The van der Waals surface area contributed by atoms with Gasteiger partial charge in [-0.05, 0) is 68.6 Å². The molecule has 4 unspecified atom stereocenters. The minimum atomic E-state index is 0.322. The van der Waals surface area contributed by atoms with Gasteiger partial charge in [-0.1, -0.05) is 57.3 Å². The molecule has 0 saturated heterocycles. The zero-order chi connectivity index (χ0) is 16.8. The molecule has 0 amide bonds. The van der Waals surface area contributed by atoms with Gasteiger partial charge in [0.2, 0.25) is 0 Å². The third-order valence-electron chi connectivity index (χ3n) is 6.37. The largest absolute Gasteiger partial charge is 0.171 e. The van der Waals surface area contributed by atoms with Crippen molar-refractivity contribution in [1.29, 1.82) is 0 Å². The Hall–Kier alpha value is -0.170. The number of thiol groups is 1. The first-order chi connectivity index (χ1) is 11.1. The molecule has 0 aromatic heterocycles. The molecule has 0 radical (unpaired) electrons. The summed E-state index contributed by atoms with van der Waals surface area (Å²) in [6.45, 7) is 11.3. The molecule has 0 bridgehead atoms. The Morgan fingerprint density at radius 2 is 1.91 bits per heavy atom. The van der Waals surface area contributed by atoms with Crippen LogP contribution in [0.2, 0.25) is 0 Å². The van der Waals surface area contributed by atoms with Crippen LogP contribution >= 0.6 is 12.6 Å². The molecule has 1 fully saturated rings. The Kier molecular flexibility index (Phi) is 7.79. The molecule has 0 nitrogen and oxygen atoms in total. The van der Waals surface area contributed by atoms with Crippen molar-refractivity contribution < 1.29 is 0 Å². The number of fused-ring (bicyclic) bond motifs is 1. The molecule has 2 aliphatic carbocycles. The Morgan fingerprint density at radius 1 is 1.17 bits per heavy atom. The Balaban J connectivity index is 2.35. The monoisotopic (exact) mass is 334 g/mol. The third kappa shape index (κ3) is 4.68. The molecule has 23 heavy (non-hydrogen) atoms. The van der Waals surface area contributed by atoms with Gasteiger partial charge in [-0.2, -0.15) is 12.6 Å². The Bertz CT molecular complexity index is 406. The molecule has 1 saturated carbocycles. The van der Waals surface area contributed by atoms with E-state index in [4.69, 9.17) is 12.6 Å². The van der Waals surface area contributed by atoms with Crippen molar-refractivity contribution in [2.75, 3.05) is 0 Å². The molecular weight excluding hydrogens is 296 g/mol. The van der Waals surface area contributed by atoms with E-state index in [1.54, 1.807) is 0 Å². The average Bonchev–Trinajstić information content (AvgIpc) is 2.57. The molecule has 1 heteroatoms. The summed E-state index contributed by atoms with van der Waals surface area (Å²) in [4.78, 5) is 0. The highest BCUT2D eigenvalue weighted by molar-refractivity contribution is 7.81. The quantitative estimate of drug-likeness (QED) is 0.351. The molecule has 0 N–H and O–H groups in total. The first-order valence-corrected chi connectivity index (χ1v) is 10.6. The van der Waals surface area contributed by atoms with Crippen LogP contribution in [0.25, 0.3) is 0 Å². The van der Waals surface area contributed by atoms with Crippen LogP contribution in [0.1, 0.15) is 85.0 Å². The van der Waals surface area contributed by atoms with Gasteiger partial charge in [-0.25, -0.2) is 0 Å². The summed E-state index contributed by atoms with van der Waals surface area (Å²) >= 11 is 5.00. The van der Waals surface area contributed by atoms with Crippen LogP contribution in [0.4, 0.5) is 0 Å². The maximum absolute atomic E-state index is 5.00. The summed E-state index contributed by atoms with van der Waals surface area (Å²) in [5, 5.41) is 0.322. The van der Waals surface area contributed by atoms with Crippen LogP contribution in [-0.2, 0) is 0 Å². The van der Waals surface area contributed by atoms with Crippen LogP contribution in [0, 0.1) is 23.7 Å². The van der Waals surface area contributed by atoms with E-state index in [0.29, 0.717) is 11.2 Å². The second kappa shape index (κ2) is 9.35. The summed E-state index contributed by atoms with van der Waals surface area (Å²) in [5.41, 5.74) is 3.67. The van der Waals surface area contributed by atoms with Crippen LogP contribution in [0.3, 0.4) is 0 Å². The molecule has 132 valence electrons. The topological polar surface area (TPSA) is 0 Å². The van der Waals surface area contributed by atoms with Crippen molar-refractivity contribution in [1.82, 2.24) is 0 Å². The normalized spacial score (nSPS) is 25.9. The molecule has 0 aromatic carbocycles. The second-order valence-corrected chi connectivity index (χ2v) is 8.78. The van der Waals surface area contributed by atoms with Crippen molar-refractivity contribution in [2.24, 2.45) is 23.7 Å². The van der Waals surface area contributed by atoms with Crippen molar-refractivity contribution in [3.05, 3.63) is 23.8 Å². The number of rotatable bonds is 8. The summed E-state index contributed by atoms with van der Waals surface area (Å²) in [7, 11) is 0. The lowest BCUT2D eigenvalue weighted by Crippen LogP contribution is -2.32. The van der Waals surface area contributed by atoms with Gasteiger partial charge in [0.1, 0.15) is 0 Å². The van der Waals surface area contributed by atoms with Gasteiger partial charge in [0.25, 0.3) is 0 Å². The SMILES string of the molecule is C=CC(S)C(C1=C2CCCCC2CCC1)C(CCCC)C(C)C. The molecule has 2 aliphatic rings. The molecule has 0 aliphatic heterocycles. The van der Waals surface area contributed by atoms with Crippen molar-refractivity contribution in [2.45, 2.75) is 90.2 Å². The molecule has 0 aromatic rings. The fourth-order valence-electron chi connectivity index (χ4n) is 5.14. The molecular formula is C22H38S. The molecule has 2 rings (SSSR count). The van der Waals surface area contributed by atoms with Gasteiger partial charge in [0.15, 0.2) is 0 Å². The van der Waals surface area contributed by atoms with Crippen molar-refractivity contribution in [3.8, 4) is 0 Å². The Labute approximate surface area is 150 Å². The van der Waals surface area contributed by atoms with Gasteiger partial charge in [-0.3, -0.25) is 0 Å². The number of hydrogen-bond acceptors (Lipinski definition) is 1. The van der Waals surface area contributed by atoms with Gasteiger partial charge in [0, 0.05) is 5.25 Å². The maximum atomic E-state index is 5.00. The predicted octanol–water partition coefficient (Wildman–Crippen LogP) is 7.22. The van der Waals surface area contributed by atoms with Crippen LogP contribution in [0.15, 0.2) is 23.8 Å². The lowest BCUT2D eigenvalue weighted by Gasteiger charge is -2.41. The highest BCUT2D eigenvalue weighted by Gasteiger charge is 2.36. The van der Waals surface area contributed by atoms with Gasteiger partial charge >= 0.3 is 0 Å². The summed E-state index contributed by atoms with van der Waals surface area (Å²) in [5.74, 6) is 3.02. The standard InChI is InChI=1S/C22H38S/c1-5-7-13-18(16(3)4)22(21(23)6-2)20-15-10-12-17-11-8-9-14-19(17)20/h6,16-18,21-23H,2,5,7-15H2,1,3-4H3. The number of unbranched alkanes of at least 4 members (excludes halogenated alkanes) is 1. The molecule has 0 spiro atoms. The van der Waals surface area contributed by atoms with Crippen molar-refractivity contribution >= 4 is 12.6 Å². The van der Waals surface area contributed by atoms with E-state index in [1.807, 2.05) is 11.1 Å². The minimum absolute atomic E-state index is 0.322. The molecule has 0 heterocycles. The average molecular weight is 335 g/mol. The smallest absolute Gasteiger partial charge is 0.0262 e. The van der Waals surface area contributed by atoms with Crippen LogP contribution in [0.5, 0.6) is 0 Å². The first kappa shape index (κ1) is 19.2. The second-order valence-electron chi connectivity index (χ2n) is 8.19. The van der Waals surface area contributed by atoms with Crippen LogP contribution in [-0.4, -0.2) is 5.25 Å². The Morgan fingerprint density at radius 3 is 2.57 bits per heavy atom. The number of hydrogen-bond donors (Lipinski definition) is 1. The summed E-state index contributed by atoms with van der Waals surface area (Å²) in [6.07, 6.45) is 15.9. The summed E-state index contributed by atoms with van der Waals surface area (Å²) in [6, 6.07) is 0. The highest BCUT2D eigenvalue weighted by Crippen LogP contribution is 2.47. The zero-order valence-corrected chi connectivity index (χ0v) is 16.6. The van der Waals surface area contributed by atoms with E-state index in [-0.39, 0.29) is 0 Å². The van der Waals surface area contributed by atoms with Crippen LogP contribution < -0.4 is 0 Å². The fraction of sp³-hybridized carbons (Fsp3) is 0.818. The maximum Gasteiger partial charge on any atom is 0.0262 e. The minimum Gasteiger partial charge on any atom is -0.171 e. The van der Waals surface area contributed by atoms with E-state index in [9.17, 15) is 0 Å². The van der Waals surface area contributed by atoms with E-state index in [0.717, 1.165) is 17.8 Å². The third-order valence-corrected chi connectivity index (χ3v) is 6.91. The van der Waals surface area contributed by atoms with E-state index >= 15 is 0 Å². The lowest BCUT2D eigenvalue weighted by atomic mass is 9.66. The van der Waals surface area contributed by atoms with E-state index in [1.165, 1.54) is 64.2 Å². The van der Waals surface area contributed by atoms with E-state index < -0.39 is 0 Å². The van der Waals surface area contributed by atoms with Gasteiger partial charge in [0.05, 0.1) is 0 Å². The highest BCUT2D eigenvalue weighted by atomic mass is 32.1. The predicted molar refractivity (Wildman–Crippen MR) is 107 cm³/mol. The summed E-state index contributed by atoms with van der Waals surface area (Å²) < 4.78 is 0. The fourth-order valence-corrected chi connectivity index (χ4v) is 5.54. The number of allylic oxidation sites excluding steroid dienone is 2. The van der Waals surface area contributed by atoms with Gasteiger partial charge in [-0.15, -0.1) is 6.58 Å². The van der Waals surface area contributed by atoms with Crippen molar-refractivity contribution in [3.63, 3.8) is 0 Å². The zero-order valence-electron chi connectivity index (χ0n) is 15.7.